The molecule has 1 atom stereocenters. The van der Waals surface area contributed by atoms with Gasteiger partial charge < -0.3 is 26.7 Å². The van der Waals surface area contributed by atoms with Gasteiger partial charge >= 0.3 is 0 Å². The lowest BCUT2D eigenvalue weighted by Gasteiger charge is -2.33. The van der Waals surface area contributed by atoms with Crippen LogP contribution in [0.1, 0.15) is 17.9 Å². The summed E-state index contributed by atoms with van der Waals surface area (Å²) in [4.78, 5) is 33.2. The third-order valence-corrected chi connectivity index (χ3v) is 3.71. The quantitative estimate of drug-likeness (QED) is 0.414. The number of hydrogen-bond acceptors (Lipinski definition) is 5. The average Bonchev–Trinajstić information content (AvgIpc) is 2.27. The minimum Gasteiger partial charge on any atom is -0.811 e. The van der Waals surface area contributed by atoms with Crippen molar-refractivity contribution in [2.24, 2.45) is 0 Å². The number of carbonyl (C=O) groups excluding carboxylic acids is 1. The molecule has 1 aromatic rings. The molecule has 0 radical (unpaired) electrons. The van der Waals surface area contributed by atoms with Gasteiger partial charge in [-0.3, -0.25) is 10.0 Å². The molecule has 0 aromatic heterocycles. The highest BCUT2D eigenvalue weighted by Gasteiger charge is 2.19. The minimum absolute atomic E-state index is 0. The predicted octanol–water partition coefficient (Wildman–Crippen LogP) is 1.33. The summed E-state index contributed by atoms with van der Waals surface area (Å²) in [5.41, 5.74) is 0.506. The maximum atomic E-state index is 11.4. The van der Waals surface area contributed by atoms with Crippen LogP contribution in [0.2, 0.25) is 5.02 Å². The van der Waals surface area contributed by atoms with E-state index in [0.717, 1.165) is 7.05 Å². The molecular formula is C11H21ClN3O5P. The number of nitrogens with zero attached hydrogens (tertiary/aromatic N) is 1. The molecule has 1 aromatic carbocycles. The van der Waals surface area contributed by atoms with E-state index in [0.29, 0.717) is 15.6 Å². The zero-order chi connectivity index (χ0) is 14.6. The number of benzene rings is 1. The first-order chi connectivity index (χ1) is 8.69. The number of hydroxylamine groups is 2. The van der Waals surface area contributed by atoms with Crippen molar-refractivity contribution in [1.82, 2.24) is 17.4 Å². The molecule has 0 spiro atoms. The first-order valence-electron chi connectivity index (χ1n) is 5.41. The van der Waals surface area contributed by atoms with Crippen LogP contribution in [-0.4, -0.2) is 29.4 Å². The van der Waals surface area contributed by atoms with E-state index < -0.39 is 25.6 Å². The standard InChI is InChI=1S/C11H15ClNO5P.2H3N/c1-13(15)11(14)6-9(7-19(16,17)18)8-2-4-10(12)5-3-8;;/h2-5,9,15H,6-7H2,1H3,(H2,16,17,18);2*1H3. The Morgan fingerprint density at radius 2 is 1.81 bits per heavy atom. The minimum atomic E-state index is -4.77. The van der Waals surface area contributed by atoms with Crippen LogP contribution in [0.5, 0.6) is 0 Å². The fourth-order valence-electron chi connectivity index (χ4n) is 1.64. The number of amides is 1. The van der Waals surface area contributed by atoms with Gasteiger partial charge in [-0.2, -0.15) is 0 Å². The molecule has 122 valence electrons. The molecule has 0 saturated carbocycles. The number of carbonyl (C=O) groups is 1. The number of quaternary nitrogens is 2. The molecule has 10 heteroatoms. The van der Waals surface area contributed by atoms with Gasteiger partial charge in [-0.05, 0) is 29.8 Å². The third-order valence-electron chi connectivity index (χ3n) is 2.57. The second-order valence-electron chi connectivity index (χ2n) is 4.16. The first kappa shape index (κ1) is 22.3. The van der Waals surface area contributed by atoms with Crippen molar-refractivity contribution >= 4 is 25.1 Å². The SMILES string of the molecule is CN(O)C(=O)CC(CP(=O)([O-])[O-])c1ccc(Cl)cc1.[NH4+].[NH4+]. The highest BCUT2D eigenvalue weighted by Crippen LogP contribution is 2.34. The molecule has 1 rings (SSSR count). The summed E-state index contributed by atoms with van der Waals surface area (Å²) in [6.45, 7) is 0. The van der Waals surface area contributed by atoms with Gasteiger partial charge in [-0.15, -0.1) is 0 Å². The van der Waals surface area contributed by atoms with E-state index in [2.05, 4.69) is 0 Å². The van der Waals surface area contributed by atoms with Crippen molar-refractivity contribution in [1.29, 1.82) is 0 Å². The van der Waals surface area contributed by atoms with Gasteiger partial charge in [0.1, 0.15) is 0 Å². The van der Waals surface area contributed by atoms with Crippen molar-refractivity contribution in [2.75, 3.05) is 13.2 Å². The van der Waals surface area contributed by atoms with Crippen LogP contribution in [0.15, 0.2) is 24.3 Å². The van der Waals surface area contributed by atoms with Gasteiger partial charge in [-0.25, -0.2) is 5.06 Å². The maximum absolute atomic E-state index is 11.4. The molecule has 0 saturated heterocycles. The van der Waals surface area contributed by atoms with Crippen molar-refractivity contribution in [2.45, 2.75) is 12.3 Å². The summed E-state index contributed by atoms with van der Waals surface area (Å²) in [5.74, 6) is -1.48. The molecule has 1 unspecified atom stereocenters. The van der Waals surface area contributed by atoms with Crippen LogP contribution in [0.25, 0.3) is 0 Å². The Balaban J connectivity index is 0. The Bertz CT molecular complexity index is 491. The zero-order valence-electron chi connectivity index (χ0n) is 12.2. The summed E-state index contributed by atoms with van der Waals surface area (Å²) >= 11 is 5.71. The third kappa shape index (κ3) is 8.13. The van der Waals surface area contributed by atoms with Crippen LogP contribution in [0.4, 0.5) is 0 Å². The van der Waals surface area contributed by atoms with Gasteiger partial charge in [-0.1, -0.05) is 31.3 Å². The van der Waals surface area contributed by atoms with E-state index in [1.54, 1.807) is 12.1 Å². The van der Waals surface area contributed by atoms with Crippen molar-refractivity contribution in [3.8, 4) is 0 Å². The molecule has 0 aliphatic heterocycles. The van der Waals surface area contributed by atoms with Gasteiger partial charge in [0, 0.05) is 18.5 Å². The molecule has 21 heavy (non-hydrogen) atoms. The summed E-state index contributed by atoms with van der Waals surface area (Å²) in [6.07, 6.45) is -0.961. The first-order valence-corrected chi connectivity index (χ1v) is 7.51. The van der Waals surface area contributed by atoms with Gasteiger partial charge in [0.25, 0.3) is 0 Å². The summed E-state index contributed by atoms with van der Waals surface area (Å²) in [5, 5.41) is 9.82. The molecule has 1 amide bonds. The number of hydrogen-bond donors (Lipinski definition) is 3. The van der Waals surface area contributed by atoms with E-state index in [1.807, 2.05) is 0 Å². The van der Waals surface area contributed by atoms with Crippen molar-refractivity contribution in [3.63, 3.8) is 0 Å². The van der Waals surface area contributed by atoms with Gasteiger partial charge in [0.2, 0.25) is 5.91 Å². The smallest absolute Gasteiger partial charge is 0.246 e. The van der Waals surface area contributed by atoms with Crippen LogP contribution in [0, 0.1) is 0 Å². The van der Waals surface area contributed by atoms with E-state index in [4.69, 9.17) is 16.8 Å². The maximum Gasteiger partial charge on any atom is 0.246 e. The van der Waals surface area contributed by atoms with Crippen LogP contribution >= 0.6 is 19.2 Å². The molecule has 0 aliphatic carbocycles. The highest BCUT2D eigenvalue weighted by molar-refractivity contribution is 7.48. The van der Waals surface area contributed by atoms with Crippen LogP contribution in [0.3, 0.4) is 0 Å². The summed E-state index contributed by atoms with van der Waals surface area (Å²) < 4.78 is 10.9. The van der Waals surface area contributed by atoms with Crippen LogP contribution in [-0.2, 0) is 9.36 Å². The van der Waals surface area contributed by atoms with Crippen LogP contribution < -0.4 is 22.1 Å². The summed E-state index contributed by atoms with van der Waals surface area (Å²) in [7, 11) is -3.64. The summed E-state index contributed by atoms with van der Waals surface area (Å²) in [6, 6.07) is 6.18. The topological polar surface area (TPSA) is 177 Å². The highest BCUT2D eigenvalue weighted by atomic mass is 35.5. The van der Waals surface area contributed by atoms with E-state index in [-0.39, 0.29) is 18.7 Å². The van der Waals surface area contributed by atoms with Gasteiger partial charge in [0.05, 0.1) is 0 Å². The average molecular weight is 342 g/mol. The lowest BCUT2D eigenvalue weighted by molar-refractivity contribution is -0.313. The fourth-order valence-corrected chi connectivity index (χ4v) is 2.64. The second-order valence-corrected chi connectivity index (χ2v) is 6.19. The lowest BCUT2D eigenvalue weighted by Crippen LogP contribution is -2.27. The molecule has 0 fully saturated rings. The predicted molar refractivity (Wildman–Crippen MR) is 77.8 cm³/mol. The Hall–Kier alpha value is -0.990. The molecule has 0 aliphatic rings. The Kier molecular flexibility index (Phi) is 9.68. The van der Waals surface area contributed by atoms with E-state index in [9.17, 15) is 19.1 Å². The Labute approximate surface area is 128 Å². The van der Waals surface area contributed by atoms with Gasteiger partial charge in [0.15, 0.2) is 0 Å². The molecular weight excluding hydrogens is 321 g/mol. The fraction of sp³-hybridized carbons (Fsp3) is 0.364. The molecule has 0 heterocycles. The second kappa shape index (κ2) is 9.11. The van der Waals surface area contributed by atoms with Crippen molar-refractivity contribution < 1.29 is 24.4 Å². The molecule has 8 nitrogen and oxygen atoms in total. The van der Waals surface area contributed by atoms with E-state index in [1.165, 1.54) is 12.1 Å². The number of rotatable bonds is 5. The Morgan fingerprint density at radius 3 is 2.19 bits per heavy atom. The van der Waals surface area contributed by atoms with Crippen molar-refractivity contribution in [3.05, 3.63) is 34.9 Å². The molecule has 0 bridgehead atoms. The molecule has 9 N–H and O–H groups in total. The zero-order valence-corrected chi connectivity index (χ0v) is 13.8. The Morgan fingerprint density at radius 1 is 1.33 bits per heavy atom. The number of halogens is 1. The van der Waals surface area contributed by atoms with E-state index >= 15 is 0 Å². The lowest BCUT2D eigenvalue weighted by atomic mass is 9.97. The normalized spacial score (nSPS) is 11.9. The largest absolute Gasteiger partial charge is 0.811 e. The monoisotopic (exact) mass is 341 g/mol.